The van der Waals surface area contributed by atoms with Gasteiger partial charge < -0.3 is 19.5 Å². The smallest absolute Gasteiger partial charge is 0.193 e. The van der Waals surface area contributed by atoms with Crippen molar-refractivity contribution in [3.05, 3.63) is 35.3 Å². The van der Waals surface area contributed by atoms with Crippen molar-refractivity contribution in [1.29, 1.82) is 0 Å². The summed E-state index contributed by atoms with van der Waals surface area (Å²) in [6, 6.07) is 8.07. The highest BCUT2D eigenvalue weighted by molar-refractivity contribution is 8.00. The van der Waals surface area contributed by atoms with Crippen LogP contribution in [-0.2, 0) is 6.42 Å². The van der Waals surface area contributed by atoms with Crippen molar-refractivity contribution < 1.29 is 9.84 Å². The molecule has 27 heavy (non-hydrogen) atoms. The van der Waals surface area contributed by atoms with E-state index in [-0.39, 0.29) is 0 Å². The van der Waals surface area contributed by atoms with Crippen LogP contribution in [0, 0.1) is 0 Å². The monoisotopic (exact) mass is 409 g/mol. The van der Waals surface area contributed by atoms with Crippen molar-refractivity contribution in [2.75, 3.05) is 32.0 Å². The predicted molar refractivity (Wildman–Crippen MR) is 116 cm³/mol. The minimum atomic E-state index is -0.656. The van der Waals surface area contributed by atoms with E-state index >= 15 is 0 Å². The molecule has 0 aliphatic rings. The van der Waals surface area contributed by atoms with Gasteiger partial charge in [-0.1, -0.05) is 19.9 Å². The molecule has 1 aromatic heterocycles. The molecule has 0 atom stereocenters. The van der Waals surface area contributed by atoms with Gasteiger partial charge in [-0.05, 0) is 63.5 Å². The zero-order valence-corrected chi connectivity index (χ0v) is 18.3. The molecule has 1 aromatic carbocycles. The van der Waals surface area contributed by atoms with E-state index in [0.717, 1.165) is 47.3 Å². The SMILES string of the molecule is CCC(O)(CC)Cc1csc(NSc2cccc(OCCCN(C)C)c2)n1. The third kappa shape index (κ3) is 7.70. The fraction of sp³-hybridized carbons (Fsp3) is 0.550. The van der Waals surface area contributed by atoms with Crippen molar-refractivity contribution in [2.45, 2.75) is 50.0 Å². The number of benzene rings is 1. The quantitative estimate of drug-likeness (QED) is 0.392. The van der Waals surface area contributed by atoms with Crippen LogP contribution in [0.25, 0.3) is 0 Å². The average molecular weight is 410 g/mol. The van der Waals surface area contributed by atoms with Crippen molar-refractivity contribution in [3.63, 3.8) is 0 Å². The van der Waals surface area contributed by atoms with Crippen LogP contribution >= 0.6 is 23.3 Å². The third-order valence-corrected chi connectivity index (χ3v) is 6.18. The Labute approximate surface area is 171 Å². The van der Waals surface area contributed by atoms with E-state index in [2.05, 4.69) is 28.7 Å². The summed E-state index contributed by atoms with van der Waals surface area (Å²) < 4.78 is 9.12. The van der Waals surface area contributed by atoms with Crippen molar-refractivity contribution >= 4 is 28.4 Å². The molecule has 0 aliphatic carbocycles. The first-order chi connectivity index (χ1) is 12.9. The van der Waals surface area contributed by atoms with Gasteiger partial charge in [0.1, 0.15) is 5.75 Å². The topological polar surface area (TPSA) is 57.6 Å². The molecule has 0 saturated carbocycles. The van der Waals surface area contributed by atoms with Gasteiger partial charge >= 0.3 is 0 Å². The molecule has 150 valence electrons. The lowest BCUT2D eigenvalue weighted by molar-refractivity contribution is 0.0319. The number of thiazole rings is 1. The number of nitrogens with zero attached hydrogens (tertiary/aromatic N) is 2. The van der Waals surface area contributed by atoms with Gasteiger partial charge in [-0.25, -0.2) is 4.98 Å². The summed E-state index contributed by atoms with van der Waals surface area (Å²) in [5, 5.41) is 13.3. The van der Waals surface area contributed by atoms with Crippen LogP contribution in [0.1, 0.15) is 38.8 Å². The Morgan fingerprint density at radius 1 is 1.30 bits per heavy atom. The van der Waals surface area contributed by atoms with Crippen LogP contribution in [0.5, 0.6) is 5.75 Å². The predicted octanol–water partition coefficient (Wildman–Crippen LogP) is 4.69. The Bertz CT molecular complexity index is 687. The molecule has 0 fully saturated rings. The number of nitrogens with one attached hydrogen (secondary N) is 1. The van der Waals surface area contributed by atoms with E-state index in [1.807, 2.05) is 43.5 Å². The summed E-state index contributed by atoms with van der Waals surface area (Å²) in [6.07, 6.45) is 3.07. The lowest BCUT2D eigenvalue weighted by atomic mass is 9.92. The molecule has 0 aliphatic heterocycles. The first kappa shape index (κ1) is 22.0. The molecule has 0 saturated heterocycles. The zero-order valence-electron chi connectivity index (χ0n) is 16.7. The Balaban J connectivity index is 1.83. The summed E-state index contributed by atoms with van der Waals surface area (Å²) in [7, 11) is 4.13. The number of aromatic nitrogens is 1. The van der Waals surface area contributed by atoms with E-state index in [9.17, 15) is 5.11 Å². The fourth-order valence-electron chi connectivity index (χ4n) is 2.57. The van der Waals surface area contributed by atoms with E-state index in [1.165, 1.54) is 11.9 Å². The van der Waals surface area contributed by atoms with E-state index in [0.29, 0.717) is 13.0 Å². The lowest BCUT2D eigenvalue weighted by Gasteiger charge is -2.23. The maximum atomic E-state index is 10.5. The highest BCUT2D eigenvalue weighted by atomic mass is 32.2. The second-order valence-corrected chi connectivity index (χ2v) is 8.67. The molecule has 2 aromatic rings. The minimum Gasteiger partial charge on any atom is -0.494 e. The van der Waals surface area contributed by atoms with Crippen molar-refractivity contribution in [3.8, 4) is 5.75 Å². The molecule has 2 rings (SSSR count). The Morgan fingerprint density at radius 2 is 2.07 bits per heavy atom. The molecule has 1 heterocycles. The standard InChI is InChI=1S/C20H31N3O2S2/c1-5-20(24,6-2)14-16-15-26-19(21-16)22-27-18-10-7-9-17(13-18)25-12-8-11-23(3)4/h7,9-10,13,15,24H,5-6,8,11-12,14H2,1-4H3,(H,21,22). The maximum Gasteiger partial charge on any atom is 0.193 e. The van der Waals surface area contributed by atoms with Crippen molar-refractivity contribution in [1.82, 2.24) is 9.88 Å². The molecular formula is C20H31N3O2S2. The van der Waals surface area contributed by atoms with E-state index in [1.54, 1.807) is 11.3 Å². The second-order valence-electron chi connectivity index (χ2n) is 6.94. The van der Waals surface area contributed by atoms with Crippen LogP contribution in [0.3, 0.4) is 0 Å². The number of anilines is 1. The number of rotatable bonds is 12. The molecule has 5 nitrogen and oxygen atoms in total. The molecule has 0 amide bonds. The minimum absolute atomic E-state index is 0.596. The van der Waals surface area contributed by atoms with Gasteiger partial charge in [0.25, 0.3) is 0 Å². The lowest BCUT2D eigenvalue weighted by Crippen LogP contribution is -2.29. The summed E-state index contributed by atoms with van der Waals surface area (Å²) >= 11 is 3.09. The number of aliphatic hydroxyl groups is 1. The van der Waals surface area contributed by atoms with Crippen LogP contribution in [0.4, 0.5) is 5.13 Å². The highest BCUT2D eigenvalue weighted by Crippen LogP contribution is 2.28. The fourth-order valence-corrected chi connectivity index (χ4v) is 4.02. The number of hydrogen-bond donors (Lipinski definition) is 2. The van der Waals surface area contributed by atoms with Crippen LogP contribution < -0.4 is 9.46 Å². The van der Waals surface area contributed by atoms with Gasteiger partial charge in [0.15, 0.2) is 5.13 Å². The molecule has 0 radical (unpaired) electrons. The largest absolute Gasteiger partial charge is 0.494 e. The summed E-state index contributed by atoms with van der Waals surface area (Å²) in [5.41, 5.74) is 0.281. The number of ether oxygens (including phenoxy) is 1. The number of hydrogen-bond acceptors (Lipinski definition) is 7. The molecule has 0 spiro atoms. The maximum absolute atomic E-state index is 10.5. The third-order valence-electron chi connectivity index (χ3n) is 4.46. The van der Waals surface area contributed by atoms with Gasteiger partial charge in [0.05, 0.1) is 17.9 Å². The van der Waals surface area contributed by atoms with Gasteiger partial charge in [-0.2, -0.15) is 0 Å². The average Bonchev–Trinajstić information content (AvgIpc) is 3.11. The van der Waals surface area contributed by atoms with Gasteiger partial charge in [0, 0.05) is 23.2 Å². The molecule has 0 unspecified atom stereocenters. The van der Waals surface area contributed by atoms with Gasteiger partial charge in [-0.15, -0.1) is 11.3 Å². The molecule has 7 heteroatoms. The normalized spacial score (nSPS) is 11.8. The van der Waals surface area contributed by atoms with Crippen LogP contribution in [0.2, 0.25) is 0 Å². The van der Waals surface area contributed by atoms with Crippen LogP contribution in [-0.4, -0.2) is 47.8 Å². The highest BCUT2D eigenvalue weighted by Gasteiger charge is 2.23. The summed E-state index contributed by atoms with van der Waals surface area (Å²) in [6.45, 7) is 5.77. The summed E-state index contributed by atoms with van der Waals surface area (Å²) in [5.74, 6) is 0.885. The Hall–Kier alpha value is -1.28. The molecule has 0 bridgehead atoms. The first-order valence-corrected chi connectivity index (χ1v) is 11.1. The van der Waals surface area contributed by atoms with E-state index in [4.69, 9.17) is 4.74 Å². The van der Waals surface area contributed by atoms with Crippen molar-refractivity contribution in [2.24, 2.45) is 0 Å². The molecule has 2 N–H and O–H groups in total. The van der Waals surface area contributed by atoms with Crippen LogP contribution in [0.15, 0.2) is 34.5 Å². The molecular weight excluding hydrogens is 378 g/mol. The Kier molecular flexibility index (Phi) is 8.89. The Morgan fingerprint density at radius 3 is 2.78 bits per heavy atom. The zero-order chi connectivity index (χ0) is 19.7. The second kappa shape index (κ2) is 10.9. The summed E-state index contributed by atoms with van der Waals surface area (Å²) in [4.78, 5) is 7.83. The first-order valence-electron chi connectivity index (χ1n) is 9.41. The van der Waals surface area contributed by atoms with E-state index < -0.39 is 5.60 Å². The van der Waals surface area contributed by atoms with Gasteiger partial charge in [-0.3, -0.25) is 0 Å². The van der Waals surface area contributed by atoms with Gasteiger partial charge in [0.2, 0.25) is 0 Å².